The van der Waals surface area contributed by atoms with Gasteiger partial charge in [-0.2, -0.15) is 0 Å². The second kappa shape index (κ2) is 7.65. The van der Waals surface area contributed by atoms with Gasteiger partial charge >= 0.3 is 0 Å². The van der Waals surface area contributed by atoms with Gasteiger partial charge in [0.15, 0.2) is 0 Å². The summed E-state index contributed by atoms with van der Waals surface area (Å²) in [6.45, 7) is 10.6. The fourth-order valence-electron chi connectivity index (χ4n) is 2.80. The molecule has 1 aromatic carbocycles. The zero-order valence-electron chi connectivity index (χ0n) is 13.1. The molecule has 1 unspecified atom stereocenters. The van der Waals surface area contributed by atoms with Gasteiger partial charge in [0.25, 0.3) is 0 Å². The lowest BCUT2D eigenvalue weighted by atomic mass is 10.1. The summed E-state index contributed by atoms with van der Waals surface area (Å²) in [4.78, 5) is 2.54. The molecule has 1 fully saturated rings. The van der Waals surface area contributed by atoms with E-state index in [1.165, 1.54) is 24.9 Å². The summed E-state index contributed by atoms with van der Waals surface area (Å²) in [5.74, 6) is 1.03. The minimum Gasteiger partial charge on any atom is -0.494 e. The van der Waals surface area contributed by atoms with Crippen molar-refractivity contribution in [3.63, 3.8) is 0 Å². The average molecular weight is 276 g/mol. The van der Waals surface area contributed by atoms with Crippen molar-refractivity contribution >= 4 is 0 Å². The molecule has 1 aliphatic rings. The van der Waals surface area contributed by atoms with Gasteiger partial charge in [-0.05, 0) is 46.2 Å². The van der Waals surface area contributed by atoms with Crippen LogP contribution in [-0.2, 0) is 6.54 Å². The van der Waals surface area contributed by atoms with Crippen LogP contribution in [-0.4, -0.2) is 36.7 Å². The average Bonchev–Trinajstić information content (AvgIpc) is 2.93. The van der Waals surface area contributed by atoms with Crippen LogP contribution in [0.2, 0.25) is 0 Å². The summed E-state index contributed by atoms with van der Waals surface area (Å²) in [5.41, 5.74) is 1.29. The van der Waals surface area contributed by atoms with Gasteiger partial charge in [0, 0.05) is 30.7 Å². The Morgan fingerprint density at radius 1 is 1.35 bits per heavy atom. The number of para-hydroxylation sites is 1. The SMILES string of the molecule is CCOc1ccccc1CN(CC1CCCN1)C(C)C. The molecule has 0 amide bonds. The zero-order chi connectivity index (χ0) is 14.4. The number of rotatable bonds is 7. The lowest BCUT2D eigenvalue weighted by Gasteiger charge is -2.30. The molecule has 112 valence electrons. The first kappa shape index (κ1) is 15.3. The van der Waals surface area contributed by atoms with E-state index in [1.54, 1.807) is 0 Å². The third kappa shape index (κ3) is 4.22. The number of nitrogens with one attached hydrogen (secondary N) is 1. The van der Waals surface area contributed by atoms with Crippen LogP contribution in [0.1, 0.15) is 39.2 Å². The Labute approximate surface area is 123 Å². The molecule has 3 nitrogen and oxygen atoms in total. The molecule has 1 aromatic rings. The molecule has 0 aliphatic carbocycles. The summed E-state index contributed by atoms with van der Waals surface area (Å²) in [6.07, 6.45) is 2.61. The maximum atomic E-state index is 5.75. The lowest BCUT2D eigenvalue weighted by molar-refractivity contribution is 0.191. The van der Waals surface area contributed by atoms with Crippen molar-refractivity contribution in [3.05, 3.63) is 29.8 Å². The molecule has 20 heavy (non-hydrogen) atoms. The lowest BCUT2D eigenvalue weighted by Crippen LogP contribution is -2.40. The standard InChI is InChI=1S/C17H28N2O/c1-4-20-17-10-6-5-8-15(17)12-19(14(2)3)13-16-9-7-11-18-16/h5-6,8,10,14,16,18H,4,7,9,11-13H2,1-3H3. The molecular weight excluding hydrogens is 248 g/mol. The molecule has 0 saturated carbocycles. The predicted octanol–water partition coefficient (Wildman–Crippen LogP) is 3.05. The molecule has 2 rings (SSSR count). The molecule has 1 atom stereocenters. The van der Waals surface area contributed by atoms with Crippen LogP contribution in [0.5, 0.6) is 5.75 Å². The maximum Gasteiger partial charge on any atom is 0.123 e. The van der Waals surface area contributed by atoms with Crippen LogP contribution in [0.25, 0.3) is 0 Å². The van der Waals surface area contributed by atoms with Crippen LogP contribution >= 0.6 is 0 Å². The van der Waals surface area contributed by atoms with E-state index in [0.717, 1.165) is 25.4 Å². The molecular formula is C17H28N2O. The molecule has 1 saturated heterocycles. The Balaban J connectivity index is 2.03. The smallest absolute Gasteiger partial charge is 0.123 e. The fraction of sp³-hybridized carbons (Fsp3) is 0.647. The van der Waals surface area contributed by atoms with E-state index < -0.39 is 0 Å². The van der Waals surface area contributed by atoms with Gasteiger partial charge in [-0.25, -0.2) is 0 Å². The van der Waals surface area contributed by atoms with Crippen LogP contribution in [0.4, 0.5) is 0 Å². The number of ether oxygens (including phenoxy) is 1. The molecule has 0 bridgehead atoms. The largest absolute Gasteiger partial charge is 0.494 e. The quantitative estimate of drug-likeness (QED) is 0.828. The topological polar surface area (TPSA) is 24.5 Å². The van der Waals surface area contributed by atoms with Crippen molar-refractivity contribution in [2.75, 3.05) is 19.7 Å². The third-order valence-corrected chi connectivity index (χ3v) is 3.99. The van der Waals surface area contributed by atoms with E-state index >= 15 is 0 Å². The highest BCUT2D eigenvalue weighted by molar-refractivity contribution is 5.33. The summed E-state index contributed by atoms with van der Waals surface area (Å²) >= 11 is 0. The van der Waals surface area contributed by atoms with Gasteiger partial charge < -0.3 is 10.1 Å². The molecule has 1 heterocycles. The second-order valence-electron chi connectivity index (χ2n) is 5.86. The summed E-state index contributed by atoms with van der Waals surface area (Å²) < 4.78 is 5.75. The van der Waals surface area contributed by atoms with Gasteiger partial charge in [0.2, 0.25) is 0 Å². The molecule has 1 N–H and O–H groups in total. The van der Waals surface area contributed by atoms with Gasteiger partial charge in [-0.3, -0.25) is 4.90 Å². The van der Waals surface area contributed by atoms with Crippen molar-refractivity contribution in [2.45, 2.75) is 52.2 Å². The molecule has 0 spiro atoms. The summed E-state index contributed by atoms with van der Waals surface area (Å²) in [7, 11) is 0. The second-order valence-corrected chi connectivity index (χ2v) is 5.86. The third-order valence-electron chi connectivity index (χ3n) is 3.99. The van der Waals surface area contributed by atoms with E-state index in [4.69, 9.17) is 4.74 Å². The van der Waals surface area contributed by atoms with E-state index in [2.05, 4.69) is 42.3 Å². The molecule has 0 aromatic heterocycles. The monoisotopic (exact) mass is 276 g/mol. The first-order valence-electron chi connectivity index (χ1n) is 7.88. The highest BCUT2D eigenvalue weighted by Crippen LogP contribution is 2.21. The first-order chi connectivity index (χ1) is 9.70. The zero-order valence-corrected chi connectivity index (χ0v) is 13.1. The summed E-state index contributed by atoms with van der Waals surface area (Å²) in [5, 5.41) is 3.59. The Morgan fingerprint density at radius 2 is 2.15 bits per heavy atom. The minimum absolute atomic E-state index is 0.548. The van der Waals surface area contributed by atoms with E-state index in [1.807, 2.05) is 13.0 Å². The highest BCUT2D eigenvalue weighted by Gasteiger charge is 2.20. The number of nitrogens with zero attached hydrogens (tertiary/aromatic N) is 1. The van der Waals surface area contributed by atoms with Gasteiger partial charge in [0.05, 0.1) is 6.61 Å². The Bertz CT molecular complexity index is 400. The van der Waals surface area contributed by atoms with E-state index in [0.29, 0.717) is 12.1 Å². The highest BCUT2D eigenvalue weighted by atomic mass is 16.5. The van der Waals surface area contributed by atoms with Crippen molar-refractivity contribution in [1.82, 2.24) is 10.2 Å². The number of hydrogen-bond donors (Lipinski definition) is 1. The Kier molecular flexibility index (Phi) is 5.86. The van der Waals surface area contributed by atoms with Gasteiger partial charge in [-0.15, -0.1) is 0 Å². The number of hydrogen-bond acceptors (Lipinski definition) is 3. The van der Waals surface area contributed by atoms with E-state index in [-0.39, 0.29) is 0 Å². The van der Waals surface area contributed by atoms with Crippen molar-refractivity contribution < 1.29 is 4.74 Å². The molecule has 3 heteroatoms. The van der Waals surface area contributed by atoms with Crippen molar-refractivity contribution in [1.29, 1.82) is 0 Å². The summed E-state index contributed by atoms with van der Waals surface area (Å²) in [6, 6.07) is 9.61. The minimum atomic E-state index is 0.548. The van der Waals surface area contributed by atoms with Crippen LogP contribution in [0.15, 0.2) is 24.3 Å². The normalized spacial score (nSPS) is 18.9. The fourth-order valence-corrected chi connectivity index (χ4v) is 2.80. The van der Waals surface area contributed by atoms with Gasteiger partial charge in [0.1, 0.15) is 5.75 Å². The van der Waals surface area contributed by atoms with Crippen LogP contribution in [0.3, 0.4) is 0 Å². The first-order valence-corrected chi connectivity index (χ1v) is 7.88. The van der Waals surface area contributed by atoms with Gasteiger partial charge in [-0.1, -0.05) is 18.2 Å². The van der Waals surface area contributed by atoms with Crippen molar-refractivity contribution in [2.24, 2.45) is 0 Å². The Hall–Kier alpha value is -1.06. The predicted molar refractivity (Wildman–Crippen MR) is 84.2 cm³/mol. The van der Waals surface area contributed by atoms with Crippen LogP contribution < -0.4 is 10.1 Å². The maximum absolute atomic E-state index is 5.75. The number of benzene rings is 1. The van der Waals surface area contributed by atoms with Crippen LogP contribution in [0, 0.1) is 0 Å². The molecule has 0 radical (unpaired) electrons. The van der Waals surface area contributed by atoms with E-state index in [9.17, 15) is 0 Å². The van der Waals surface area contributed by atoms with Crippen molar-refractivity contribution in [3.8, 4) is 5.75 Å². The Morgan fingerprint density at radius 3 is 2.80 bits per heavy atom. The molecule has 1 aliphatic heterocycles.